The zero-order chi connectivity index (χ0) is 21.1. The summed E-state index contributed by atoms with van der Waals surface area (Å²) in [6, 6.07) is 27.1. The molecule has 1 aliphatic heterocycles. The van der Waals surface area contributed by atoms with Crippen molar-refractivity contribution in [3.8, 4) is 22.3 Å². The molecule has 3 aromatic heterocycles. The van der Waals surface area contributed by atoms with Gasteiger partial charge in [0.15, 0.2) is 11.5 Å². The van der Waals surface area contributed by atoms with E-state index in [2.05, 4.69) is 53.5 Å². The minimum Gasteiger partial charge on any atom is -0.438 e. The first-order chi connectivity index (χ1) is 15.9. The molecular weight excluding hydrogens is 416 g/mol. The van der Waals surface area contributed by atoms with Crippen molar-refractivity contribution in [1.82, 2.24) is 19.6 Å². The lowest BCUT2D eigenvalue weighted by atomic mass is 9.83. The maximum absolute atomic E-state index is 6.46. The van der Waals surface area contributed by atoms with Crippen molar-refractivity contribution in [3.63, 3.8) is 0 Å². The molecule has 6 heteroatoms. The molecule has 0 saturated heterocycles. The highest BCUT2D eigenvalue weighted by Gasteiger charge is 2.34. The smallest absolute Gasteiger partial charge is 0.228 e. The van der Waals surface area contributed by atoms with Crippen LogP contribution in [0, 0.1) is 0 Å². The van der Waals surface area contributed by atoms with Crippen molar-refractivity contribution in [3.05, 3.63) is 107 Å². The summed E-state index contributed by atoms with van der Waals surface area (Å²) in [5.74, 6) is 2.09. The zero-order valence-electron chi connectivity index (χ0n) is 16.8. The molecule has 7 rings (SSSR count). The number of thiophene rings is 1. The molecule has 0 unspecified atom stereocenters. The van der Waals surface area contributed by atoms with Crippen LogP contribution >= 0.6 is 11.3 Å². The van der Waals surface area contributed by atoms with Crippen LogP contribution in [0.4, 0.5) is 0 Å². The van der Waals surface area contributed by atoms with Crippen LogP contribution in [0.25, 0.3) is 27.1 Å². The largest absolute Gasteiger partial charge is 0.438 e. The van der Waals surface area contributed by atoms with Crippen LogP contribution in [0.2, 0.25) is 0 Å². The second-order valence-corrected chi connectivity index (χ2v) is 8.74. The van der Waals surface area contributed by atoms with Crippen molar-refractivity contribution in [2.45, 2.75) is 5.92 Å². The Morgan fingerprint density at radius 2 is 1.75 bits per heavy atom. The van der Waals surface area contributed by atoms with Gasteiger partial charge in [0.2, 0.25) is 5.88 Å². The first kappa shape index (κ1) is 17.6. The van der Waals surface area contributed by atoms with E-state index in [9.17, 15) is 0 Å². The van der Waals surface area contributed by atoms with Gasteiger partial charge in [0, 0.05) is 16.9 Å². The average Bonchev–Trinajstić information content (AvgIpc) is 3.53. The Hall–Kier alpha value is -4.03. The third-order valence-corrected chi connectivity index (χ3v) is 6.84. The van der Waals surface area contributed by atoms with Gasteiger partial charge in [0.1, 0.15) is 12.1 Å². The van der Waals surface area contributed by atoms with E-state index in [1.54, 1.807) is 22.2 Å². The van der Waals surface area contributed by atoms with Gasteiger partial charge in [-0.3, -0.25) is 0 Å². The molecule has 0 radical (unpaired) electrons. The van der Waals surface area contributed by atoms with Gasteiger partial charge in [-0.2, -0.15) is 0 Å². The fourth-order valence-corrected chi connectivity index (χ4v) is 5.20. The van der Waals surface area contributed by atoms with Crippen molar-refractivity contribution in [1.29, 1.82) is 0 Å². The normalized spacial score (nSPS) is 14.8. The highest BCUT2D eigenvalue weighted by atomic mass is 32.1. The minimum atomic E-state index is -0.0591. The maximum Gasteiger partial charge on any atom is 0.228 e. The lowest BCUT2D eigenvalue weighted by molar-refractivity contribution is 0.437. The number of nitrogens with zero attached hydrogens (tertiary/aromatic N) is 4. The van der Waals surface area contributed by atoms with Gasteiger partial charge in [0.25, 0.3) is 0 Å². The number of aromatic nitrogens is 4. The summed E-state index contributed by atoms with van der Waals surface area (Å²) in [4.78, 5) is 10.6. The van der Waals surface area contributed by atoms with E-state index >= 15 is 0 Å². The predicted octanol–water partition coefficient (Wildman–Crippen LogP) is 6.29. The van der Waals surface area contributed by atoms with Gasteiger partial charge >= 0.3 is 0 Å². The van der Waals surface area contributed by atoms with E-state index in [1.165, 1.54) is 5.56 Å². The van der Waals surface area contributed by atoms with Gasteiger partial charge in [0.05, 0.1) is 10.4 Å². The van der Waals surface area contributed by atoms with Crippen molar-refractivity contribution < 1.29 is 4.74 Å². The van der Waals surface area contributed by atoms with Crippen LogP contribution in [0.1, 0.15) is 22.6 Å². The van der Waals surface area contributed by atoms with Crippen LogP contribution in [0.5, 0.6) is 11.6 Å². The third-order valence-electron chi connectivity index (χ3n) is 5.97. The summed E-state index contributed by atoms with van der Waals surface area (Å²) in [6.45, 7) is 0. The van der Waals surface area contributed by atoms with E-state index in [1.807, 2.05) is 35.7 Å². The molecule has 0 saturated carbocycles. The second-order valence-electron chi connectivity index (χ2n) is 7.80. The fraction of sp³-hybridized carbons (Fsp3) is 0.0385. The first-order valence-corrected chi connectivity index (χ1v) is 11.3. The van der Waals surface area contributed by atoms with Crippen molar-refractivity contribution in [2.24, 2.45) is 0 Å². The van der Waals surface area contributed by atoms with Crippen molar-refractivity contribution in [2.75, 3.05) is 0 Å². The molecule has 5 nitrogen and oxygen atoms in total. The van der Waals surface area contributed by atoms with Crippen LogP contribution < -0.4 is 4.74 Å². The fourth-order valence-electron chi connectivity index (χ4n) is 4.55. The summed E-state index contributed by atoms with van der Waals surface area (Å²) >= 11 is 1.63. The standard InChI is InChI=1S/C26H16N4OS/c1-2-8-17(9-3-1)21-19-13-12-16-7-4-5-10-18(16)23(19)31-26-22(21)25-28-24(20-11-6-14-32-20)29-30(25)15-27-26/h1-15,21H/t21-/m1/s1. The molecule has 6 aromatic rings. The Morgan fingerprint density at radius 3 is 2.62 bits per heavy atom. The molecule has 1 atom stereocenters. The molecule has 1 aliphatic rings. The van der Waals surface area contributed by atoms with E-state index in [0.29, 0.717) is 11.7 Å². The van der Waals surface area contributed by atoms with Crippen molar-refractivity contribution >= 4 is 27.8 Å². The number of hydrogen-bond acceptors (Lipinski definition) is 5. The summed E-state index contributed by atoms with van der Waals surface area (Å²) in [5, 5.41) is 8.95. The number of fused-ring (bicyclic) bond motifs is 6. The maximum atomic E-state index is 6.46. The molecule has 0 amide bonds. The summed E-state index contributed by atoms with van der Waals surface area (Å²) in [5.41, 5.74) is 3.99. The van der Waals surface area contributed by atoms with Crippen LogP contribution in [-0.2, 0) is 0 Å². The Balaban J connectivity index is 1.54. The third kappa shape index (κ3) is 2.53. The number of ether oxygens (including phenoxy) is 1. The monoisotopic (exact) mass is 432 g/mol. The Morgan fingerprint density at radius 1 is 0.875 bits per heavy atom. The van der Waals surface area contributed by atoms with E-state index < -0.39 is 0 Å². The van der Waals surface area contributed by atoms with Gasteiger partial charge in [-0.05, 0) is 22.4 Å². The molecule has 4 heterocycles. The SMILES string of the molecule is c1ccc([C@@H]2c3ccc4ccccc4c3Oc3ncn4nc(-c5cccs5)nc4c32)cc1. The molecule has 0 spiro atoms. The van der Waals surface area contributed by atoms with Crippen LogP contribution in [-0.4, -0.2) is 19.6 Å². The van der Waals surface area contributed by atoms with E-state index in [4.69, 9.17) is 14.8 Å². The Bertz CT molecular complexity index is 1610. The Kier molecular flexibility index (Phi) is 3.71. The van der Waals surface area contributed by atoms with E-state index in [-0.39, 0.29) is 5.92 Å². The van der Waals surface area contributed by atoms with Gasteiger partial charge in [-0.25, -0.2) is 14.5 Å². The molecule has 32 heavy (non-hydrogen) atoms. The Labute approximate surface area is 187 Å². The highest BCUT2D eigenvalue weighted by Crippen LogP contribution is 2.50. The molecule has 0 fully saturated rings. The first-order valence-electron chi connectivity index (χ1n) is 10.4. The summed E-state index contributed by atoms with van der Waals surface area (Å²) < 4.78 is 8.22. The zero-order valence-corrected chi connectivity index (χ0v) is 17.7. The number of benzene rings is 3. The topological polar surface area (TPSA) is 52.3 Å². The molecule has 152 valence electrons. The average molecular weight is 433 g/mol. The second kappa shape index (κ2) is 6.73. The van der Waals surface area contributed by atoms with E-state index in [0.717, 1.165) is 38.2 Å². The molecule has 0 N–H and O–H groups in total. The molecule has 0 bridgehead atoms. The summed E-state index contributed by atoms with van der Waals surface area (Å²) in [6.07, 6.45) is 1.69. The minimum absolute atomic E-state index is 0.0591. The quantitative estimate of drug-likeness (QED) is 0.322. The predicted molar refractivity (Wildman–Crippen MR) is 126 cm³/mol. The highest BCUT2D eigenvalue weighted by molar-refractivity contribution is 7.13. The number of rotatable bonds is 2. The van der Waals surface area contributed by atoms with Crippen LogP contribution in [0.3, 0.4) is 0 Å². The lowest BCUT2D eigenvalue weighted by Gasteiger charge is -2.28. The lowest BCUT2D eigenvalue weighted by Crippen LogP contribution is -2.15. The van der Waals surface area contributed by atoms with Gasteiger partial charge in [-0.1, -0.05) is 72.8 Å². The van der Waals surface area contributed by atoms with Crippen LogP contribution in [0.15, 0.2) is 90.6 Å². The molecular formula is C26H16N4OS. The molecule has 3 aromatic carbocycles. The van der Waals surface area contributed by atoms with Gasteiger partial charge < -0.3 is 4.74 Å². The summed E-state index contributed by atoms with van der Waals surface area (Å²) in [7, 11) is 0. The van der Waals surface area contributed by atoms with Gasteiger partial charge in [-0.15, -0.1) is 16.4 Å². The number of hydrogen-bond donors (Lipinski definition) is 0. The molecule has 0 aliphatic carbocycles.